The van der Waals surface area contributed by atoms with Crippen molar-refractivity contribution in [1.82, 2.24) is 0 Å². The summed E-state index contributed by atoms with van der Waals surface area (Å²) >= 11 is 11.4. The zero-order valence-corrected chi connectivity index (χ0v) is 13.0. The van der Waals surface area contributed by atoms with E-state index in [0.29, 0.717) is 23.7 Å². The number of aliphatic hydroxyl groups excluding tert-OH is 1. The third-order valence-corrected chi connectivity index (χ3v) is 3.48. The van der Waals surface area contributed by atoms with E-state index in [2.05, 4.69) is 0 Å². The van der Waals surface area contributed by atoms with Crippen LogP contribution in [0.4, 0.5) is 0 Å². The smallest absolute Gasteiger partial charge is 0.161 e. The molecule has 2 rings (SSSR count). The first kappa shape index (κ1) is 16.0. The summed E-state index contributed by atoms with van der Waals surface area (Å²) in [6.07, 6.45) is -0.967. The van der Waals surface area contributed by atoms with E-state index in [1.54, 1.807) is 25.3 Å². The summed E-state index contributed by atoms with van der Waals surface area (Å²) in [6.45, 7) is 0.437. The van der Waals surface area contributed by atoms with Gasteiger partial charge in [-0.2, -0.15) is 0 Å². The normalized spacial score (nSPS) is 12.2. The van der Waals surface area contributed by atoms with Gasteiger partial charge in [-0.3, -0.25) is 0 Å². The van der Waals surface area contributed by atoms with E-state index in [9.17, 15) is 5.11 Å². The Bertz CT molecular complexity index is 573. The van der Waals surface area contributed by atoms with Crippen molar-refractivity contribution >= 4 is 23.2 Å². The van der Waals surface area contributed by atoms with Crippen molar-refractivity contribution in [3.8, 4) is 11.5 Å². The van der Waals surface area contributed by atoms with Crippen molar-refractivity contribution in [2.24, 2.45) is 0 Å². The highest BCUT2D eigenvalue weighted by Crippen LogP contribution is 2.33. The maximum absolute atomic E-state index is 9.86. The molecular weight excluding hydrogens is 311 g/mol. The van der Waals surface area contributed by atoms with Gasteiger partial charge in [0.15, 0.2) is 11.5 Å². The Morgan fingerprint density at radius 2 is 1.76 bits per heavy atom. The van der Waals surface area contributed by atoms with Crippen LogP contribution in [0.3, 0.4) is 0 Å². The van der Waals surface area contributed by atoms with E-state index >= 15 is 0 Å². The van der Waals surface area contributed by atoms with E-state index in [4.69, 9.17) is 32.7 Å². The van der Waals surface area contributed by atoms with E-state index < -0.39 is 10.9 Å². The van der Waals surface area contributed by atoms with Crippen LogP contribution < -0.4 is 9.47 Å². The second kappa shape index (κ2) is 7.55. The zero-order chi connectivity index (χ0) is 15.2. The van der Waals surface area contributed by atoms with Gasteiger partial charge in [0.2, 0.25) is 0 Å². The molecule has 0 radical (unpaired) electrons. The summed E-state index contributed by atoms with van der Waals surface area (Å²) < 4.78 is 11.0. The van der Waals surface area contributed by atoms with Crippen molar-refractivity contribution in [1.29, 1.82) is 0 Å². The summed E-state index contributed by atoms with van der Waals surface area (Å²) in [5, 5.41) is 9.86. The summed E-state index contributed by atoms with van der Waals surface area (Å²) in [6, 6.07) is 14.9. The Labute approximate surface area is 134 Å². The number of alkyl halides is 2. The van der Waals surface area contributed by atoms with Gasteiger partial charge in [-0.15, -0.1) is 23.2 Å². The number of methoxy groups -OCH3 is 1. The highest BCUT2D eigenvalue weighted by Gasteiger charge is 2.18. The first-order valence-electron chi connectivity index (χ1n) is 6.42. The molecule has 1 atom stereocenters. The summed E-state index contributed by atoms with van der Waals surface area (Å²) in [7, 11) is 1.54. The van der Waals surface area contributed by atoms with Crippen LogP contribution in [-0.2, 0) is 6.61 Å². The average Bonchev–Trinajstić information content (AvgIpc) is 2.53. The molecular formula is C16H16Cl2O3. The number of benzene rings is 2. The van der Waals surface area contributed by atoms with Gasteiger partial charge < -0.3 is 14.6 Å². The molecule has 0 saturated heterocycles. The van der Waals surface area contributed by atoms with Crippen LogP contribution in [0.5, 0.6) is 11.5 Å². The van der Waals surface area contributed by atoms with Gasteiger partial charge in [0.1, 0.15) is 17.5 Å². The first-order valence-corrected chi connectivity index (χ1v) is 7.30. The van der Waals surface area contributed by atoms with Gasteiger partial charge in [-0.25, -0.2) is 0 Å². The molecule has 0 heterocycles. The summed E-state index contributed by atoms with van der Waals surface area (Å²) in [4.78, 5) is -0.897. The van der Waals surface area contributed by atoms with Crippen molar-refractivity contribution in [2.45, 2.75) is 17.5 Å². The summed E-state index contributed by atoms with van der Waals surface area (Å²) in [5.41, 5.74) is 1.64. The monoisotopic (exact) mass is 326 g/mol. The molecule has 2 aromatic rings. The first-order chi connectivity index (χ1) is 10.1. The molecule has 2 aromatic carbocycles. The molecule has 0 amide bonds. The molecule has 0 fully saturated rings. The minimum atomic E-state index is -0.967. The number of aliphatic hydroxyl groups is 1. The lowest BCUT2D eigenvalue weighted by atomic mass is 10.1. The van der Waals surface area contributed by atoms with Gasteiger partial charge in [0.25, 0.3) is 0 Å². The van der Waals surface area contributed by atoms with Crippen molar-refractivity contribution in [3.63, 3.8) is 0 Å². The fourth-order valence-electron chi connectivity index (χ4n) is 1.87. The van der Waals surface area contributed by atoms with Gasteiger partial charge in [-0.1, -0.05) is 36.4 Å². The Hall–Kier alpha value is -1.42. The zero-order valence-electron chi connectivity index (χ0n) is 11.5. The van der Waals surface area contributed by atoms with Crippen LogP contribution in [-0.4, -0.2) is 17.1 Å². The van der Waals surface area contributed by atoms with E-state index in [-0.39, 0.29) is 0 Å². The number of hydrogen-bond donors (Lipinski definition) is 1. The molecule has 5 heteroatoms. The summed E-state index contributed by atoms with van der Waals surface area (Å²) in [5.74, 6) is 1.12. The van der Waals surface area contributed by atoms with Crippen LogP contribution >= 0.6 is 23.2 Å². The lowest BCUT2D eigenvalue weighted by Gasteiger charge is -2.15. The average molecular weight is 327 g/mol. The molecule has 1 unspecified atom stereocenters. The third kappa shape index (κ3) is 4.27. The van der Waals surface area contributed by atoms with Gasteiger partial charge in [0.05, 0.1) is 7.11 Å². The molecule has 112 valence electrons. The lowest BCUT2D eigenvalue weighted by molar-refractivity contribution is 0.192. The van der Waals surface area contributed by atoms with E-state index in [1.165, 1.54) is 0 Å². The molecule has 0 bridgehead atoms. The fraction of sp³-hybridized carbons (Fsp3) is 0.250. The molecule has 1 N–H and O–H groups in total. The van der Waals surface area contributed by atoms with Crippen LogP contribution in [0.25, 0.3) is 0 Å². The molecule has 0 aliphatic carbocycles. The molecule has 0 aliphatic rings. The highest BCUT2D eigenvalue weighted by atomic mass is 35.5. The van der Waals surface area contributed by atoms with Gasteiger partial charge in [-0.05, 0) is 23.3 Å². The quantitative estimate of drug-likeness (QED) is 0.812. The lowest BCUT2D eigenvalue weighted by Crippen LogP contribution is -2.06. The molecule has 0 saturated carbocycles. The number of rotatable bonds is 6. The number of ether oxygens (including phenoxy) is 2. The Morgan fingerprint density at radius 3 is 2.38 bits per heavy atom. The largest absolute Gasteiger partial charge is 0.493 e. The Morgan fingerprint density at radius 1 is 1.05 bits per heavy atom. The highest BCUT2D eigenvalue weighted by molar-refractivity contribution is 6.44. The Kier molecular flexibility index (Phi) is 5.74. The van der Waals surface area contributed by atoms with E-state index in [1.807, 2.05) is 30.3 Å². The van der Waals surface area contributed by atoms with Crippen molar-refractivity contribution < 1.29 is 14.6 Å². The molecule has 3 nitrogen and oxygen atoms in total. The molecule has 0 aliphatic heterocycles. The second-order valence-corrected chi connectivity index (χ2v) is 5.63. The predicted octanol–water partition coefficient (Wildman–Crippen LogP) is 4.11. The minimum absolute atomic E-state index is 0.437. The molecule has 21 heavy (non-hydrogen) atoms. The van der Waals surface area contributed by atoms with Gasteiger partial charge in [0, 0.05) is 0 Å². The molecule has 0 spiro atoms. The topological polar surface area (TPSA) is 38.7 Å². The van der Waals surface area contributed by atoms with Crippen LogP contribution in [0.1, 0.15) is 17.2 Å². The van der Waals surface area contributed by atoms with Crippen LogP contribution in [0.15, 0.2) is 48.5 Å². The predicted molar refractivity (Wildman–Crippen MR) is 84.2 cm³/mol. The van der Waals surface area contributed by atoms with E-state index in [0.717, 1.165) is 5.56 Å². The SMILES string of the molecule is COc1cc(C(O)C(Cl)Cl)ccc1OCc1ccccc1. The minimum Gasteiger partial charge on any atom is -0.493 e. The maximum Gasteiger partial charge on any atom is 0.161 e. The maximum atomic E-state index is 9.86. The van der Waals surface area contributed by atoms with Crippen molar-refractivity contribution in [2.75, 3.05) is 7.11 Å². The standard InChI is InChI=1S/C16H16Cl2O3/c1-20-14-9-12(15(19)16(17)18)7-8-13(14)21-10-11-5-3-2-4-6-11/h2-9,15-16,19H,10H2,1H3. The Balaban J connectivity index is 2.13. The van der Waals surface area contributed by atoms with Crippen LogP contribution in [0, 0.1) is 0 Å². The van der Waals surface area contributed by atoms with Crippen LogP contribution in [0.2, 0.25) is 0 Å². The van der Waals surface area contributed by atoms with Gasteiger partial charge >= 0.3 is 0 Å². The van der Waals surface area contributed by atoms with Crippen molar-refractivity contribution in [3.05, 3.63) is 59.7 Å². The third-order valence-electron chi connectivity index (χ3n) is 3.01. The second-order valence-electron chi connectivity index (χ2n) is 4.46. The molecule has 0 aromatic heterocycles. The fourth-order valence-corrected chi connectivity index (χ4v) is 2.16. The number of halogens is 2. The number of hydrogen-bond acceptors (Lipinski definition) is 3.